The second-order valence-electron chi connectivity index (χ2n) is 6.36. The van der Waals surface area contributed by atoms with E-state index in [1.807, 2.05) is 0 Å². The van der Waals surface area contributed by atoms with Crippen LogP contribution in [0.25, 0.3) is 0 Å². The number of nitro benzene ring substituents is 2. The summed E-state index contributed by atoms with van der Waals surface area (Å²) in [5.74, 6) is -1.91. The number of nitrogens with zero attached hydrogens (tertiary/aromatic N) is 2. The number of carboxylic acids is 1. The molecule has 10 nitrogen and oxygen atoms in total. The van der Waals surface area contributed by atoms with Crippen molar-refractivity contribution in [2.75, 3.05) is 0 Å². The molecule has 1 aromatic carbocycles. The highest BCUT2D eigenvalue weighted by Crippen LogP contribution is 2.28. The summed E-state index contributed by atoms with van der Waals surface area (Å²) in [6.45, 7) is 0. The molecule has 0 radical (unpaired) electrons. The Morgan fingerprint density at radius 2 is 1.62 bits per heavy atom. The molecule has 1 saturated carbocycles. The second kappa shape index (κ2) is 8.37. The van der Waals surface area contributed by atoms with Crippen molar-refractivity contribution >= 4 is 23.3 Å². The Morgan fingerprint density at radius 3 is 2.08 bits per heavy atom. The van der Waals surface area contributed by atoms with E-state index < -0.39 is 39.1 Å². The maximum absolute atomic E-state index is 12.3. The summed E-state index contributed by atoms with van der Waals surface area (Å²) in [6, 6.07) is 1.38. The molecule has 10 heteroatoms. The first-order valence-corrected chi connectivity index (χ1v) is 8.25. The number of hydrogen-bond donors (Lipinski definition) is 2. The van der Waals surface area contributed by atoms with Crippen molar-refractivity contribution in [1.29, 1.82) is 0 Å². The predicted octanol–water partition coefficient (Wildman–Crippen LogP) is 2.66. The normalized spacial score (nSPS) is 15.8. The van der Waals surface area contributed by atoms with Crippen molar-refractivity contribution in [2.45, 2.75) is 44.6 Å². The average Bonchev–Trinajstić information content (AvgIpc) is 2.61. The lowest BCUT2D eigenvalue weighted by atomic mass is 9.85. The number of non-ortho nitro benzene ring substituents is 2. The van der Waals surface area contributed by atoms with E-state index in [4.69, 9.17) is 0 Å². The van der Waals surface area contributed by atoms with E-state index in [-0.39, 0.29) is 17.9 Å². The topological polar surface area (TPSA) is 153 Å². The van der Waals surface area contributed by atoms with E-state index in [0.29, 0.717) is 0 Å². The standard InChI is InChI=1S/C16H19N3O7/c20-15(11-7-12(18(23)24)9-13(8-11)19(25)26)17-14(16(21)22)6-10-4-2-1-3-5-10/h7-10,14H,1-6H2,(H,17,20)(H,21,22)/t14-/m0/s1. The van der Waals surface area contributed by atoms with Crippen LogP contribution in [0.3, 0.4) is 0 Å². The van der Waals surface area contributed by atoms with Crippen LogP contribution in [0.15, 0.2) is 18.2 Å². The first-order chi connectivity index (χ1) is 12.3. The predicted molar refractivity (Wildman–Crippen MR) is 89.8 cm³/mol. The Hall–Kier alpha value is -3.04. The molecule has 0 spiro atoms. The minimum atomic E-state index is -1.20. The Balaban J connectivity index is 2.18. The summed E-state index contributed by atoms with van der Waals surface area (Å²) >= 11 is 0. The number of nitrogens with one attached hydrogen (secondary N) is 1. The molecule has 0 unspecified atom stereocenters. The summed E-state index contributed by atoms with van der Waals surface area (Å²) < 4.78 is 0. The summed E-state index contributed by atoms with van der Waals surface area (Å²) in [5, 5.41) is 33.5. The van der Waals surface area contributed by atoms with E-state index in [2.05, 4.69) is 5.32 Å². The van der Waals surface area contributed by atoms with Crippen LogP contribution in [0.4, 0.5) is 11.4 Å². The van der Waals surface area contributed by atoms with E-state index >= 15 is 0 Å². The molecule has 0 aliphatic heterocycles. The summed E-state index contributed by atoms with van der Waals surface area (Å²) in [7, 11) is 0. The molecular weight excluding hydrogens is 346 g/mol. The lowest BCUT2D eigenvalue weighted by Gasteiger charge is -2.25. The first-order valence-electron chi connectivity index (χ1n) is 8.25. The third kappa shape index (κ3) is 4.98. The number of nitro groups is 2. The van der Waals surface area contributed by atoms with Gasteiger partial charge < -0.3 is 10.4 Å². The number of carbonyl (C=O) groups excluding carboxylic acids is 1. The third-order valence-electron chi connectivity index (χ3n) is 4.48. The van der Waals surface area contributed by atoms with Crippen molar-refractivity contribution in [1.82, 2.24) is 5.32 Å². The number of carbonyl (C=O) groups is 2. The van der Waals surface area contributed by atoms with Gasteiger partial charge in [0.2, 0.25) is 0 Å². The zero-order valence-corrected chi connectivity index (χ0v) is 13.9. The summed E-state index contributed by atoms with van der Waals surface area (Å²) in [4.78, 5) is 43.9. The number of rotatable bonds is 7. The van der Waals surface area contributed by atoms with Gasteiger partial charge in [-0.3, -0.25) is 25.0 Å². The Bertz CT molecular complexity index is 696. The number of carboxylic acid groups (broad SMARTS) is 1. The number of amides is 1. The van der Waals surface area contributed by atoms with Crippen molar-refractivity contribution in [3.05, 3.63) is 44.0 Å². The largest absolute Gasteiger partial charge is 0.480 e. The molecule has 0 saturated heterocycles. The molecule has 0 bridgehead atoms. The fourth-order valence-corrected chi connectivity index (χ4v) is 3.16. The minimum Gasteiger partial charge on any atom is -0.480 e. The maximum Gasteiger partial charge on any atom is 0.326 e. The zero-order chi connectivity index (χ0) is 19.3. The SMILES string of the molecule is O=C(N[C@@H](CC1CCCCC1)C(=O)O)c1cc([N+](=O)[O-])cc([N+](=O)[O-])c1. The van der Waals surface area contributed by atoms with Gasteiger partial charge in [-0.2, -0.15) is 0 Å². The summed E-state index contributed by atoms with van der Waals surface area (Å²) in [5.41, 5.74) is -1.53. The number of aliphatic carboxylic acids is 1. The molecule has 26 heavy (non-hydrogen) atoms. The van der Waals surface area contributed by atoms with Crippen molar-refractivity contribution in [2.24, 2.45) is 5.92 Å². The Kier molecular flexibility index (Phi) is 6.21. The highest BCUT2D eigenvalue weighted by Gasteiger charge is 2.27. The number of hydrogen-bond acceptors (Lipinski definition) is 6. The van der Waals surface area contributed by atoms with E-state index in [0.717, 1.165) is 50.3 Å². The van der Waals surface area contributed by atoms with Crippen LogP contribution in [-0.4, -0.2) is 32.9 Å². The van der Waals surface area contributed by atoms with E-state index in [1.165, 1.54) is 0 Å². The van der Waals surface area contributed by atoms with Crippen LogP contribution in [0.1, 0.15) is 48.9 Å². The van der Waals surface area contributed by atoms with E-state index in [9.17, 15) is 34.9 Å². The molecule has 1 atom stereocenters. The van der Waals surface area contributed by atoms with Gasteiger partial charge in [-0.05, 0) is 12.3 Å². The van der Waals surface area contributed by atoms with Gasteiger partial charge in [0.25, 0.3) is 17.3 Å². The van der Waals surface area contributed by atoms with Crippen molar-refractivity contribution in [3.63, 3.8) is 0 Å². The molecule has 1 fully saturated rings. The molecule has 0 aromatic heterocycles. The van der Waals surface area contributed by atoms with Crippen LogP contribution in [0, 0.1) is 26.1 Å². The highest BCUT2D eigenvalue weighted by molar-refractivity contribution is 5.97. The van der Waals surface area contributed by atoms with Crippen LogP contribution >= 0.6 is 0 Å². The van der Waals surface area contributed by atoms with Crippen LogP contribution in [0.2, 0.25) is 0 Å². The lowest BCUT2D eigenvalue weighted by molar-refractivity contribution is -0.394. The van der Waals surface area contributed by atoms with Gasteiger partial charge in [-0.1, -0.05) is 32.1 Å². The minimum absolute atomic E-state index is 0.185. The molecule has 2 rings (SSSR count). The molecule has 140 valence electrons. The van der Waals surface area contributed by atoms with Gasteiger partial charge in [-0.15, -0.1) is 0 Å². The van der Waals surface area contributed by atoms with Crippen molar-refractivity contribution < 1.29 is 24.5 Å². The number of benzene rings is 1. The van der Waals surface area contributed by atoms with Gasteiger partial charge in [0.15, 0.2) is 0 Å². The Labute approximate surface area is 148 Å². The monoisotopic (exact) mass is 365 g/mol. The van der Waals surface area contributed by atoms with Crippen LogP contribution in [0.5, 0.6) is 0 Å². The first kappa shape index (κ1) is 19.3. The average molecular weight is 365 g/mol. The van der Waals surface area contributed by atoms with Gasteiger partial charge in [0.05, 0.1) is 21.5 Å². The van der Waals surface area contributed by atoms with Gasteiger partial charge in [-0.25, -0.2) is 4.79 Å². The van der Waals surface area contributed by atoms with Crippen molar-refractivity contribution in [3.8, 4) is 0 Å². The van der Waals surface area contributed by atoms with Gasteiger partial charge in [0.1, 0.15) is 6.04 Å². The van der Waals surface area contributed by atoms with E-state index in [1.54, 1.807) is 0 Å². The molecule has 2 N–H and O–H groups in total. The zero-order valence-electron chi connectivity index (χ0n) is 13.9. The highest BCUT2D eigenvalue weighted by atomic mass is 16.6. The van der Waals surface area contributed by atoms with Crippen LogP contribution < -0.4 is 5.32 Å². The van der Waals surface area contributed by atoms with Crippen LogP contribution in [-0.2, 0) is 4.79 Å². The fourth-order valence-electron chi connectivity index (χ4n) is 3.16. The lowest BCUT2D eigenvalue weighted by Crippen LogP contribution is -2.42. The molecule has 1 aliphatic rings. The third-order valence-corrected chi connectivity index (χ3v) is 4.48. The van der Waals surface area contributed by atoms with Gasteiger partial charge >= 0.3 is 5.97 Å². The summed E-state index contributed by atoms with van der Waals surface area (Å²) in [6.07, 6.45) is 5.18. The second-order valence-corrected chi connectivity index (χ2v) is 6.36. The smallest absolute Gasteiger partial charge is 0.326 e. The Morgan fingerprint density at radius 1 is 1.08 bits per heavy atom. The van der Waals surface area contributed by atoms with Gasteiger partial charge in [0, 0.05) is 12.1 Å². The molecule has 1 amide bonds. The maximum atomic E-state index is 12.3. The fraction of sp³-hybridized carbons (Fsp3) is 0.500. The molecule has 0 heterocycles. The molecule has 1 aromatic rings. The molecular formula is C16H19N3O7. The quantitative estimate of drug-likeness (QED) is 0.556. The molecule has 1 aliphatic carbocycles.